The number of anilines is 1. The molecule has 21 heavy (non-hydrogen) atoms. The van der Waals surface area contributed by atoms with Gasteiger partial charge in [-0.15, -0.1) is 11.3 Å². The summed E-state index contributed by atoms with van der Waals surface area (Å²) in [5, 5.41) is 3.41. The summed E-state index contributed by atoms with van der Waals surface area (Å²) in [4.78, 5) is 5.17. The van der Waals surface area contributed by atoms with E-state index in [0.717, 1.165) is 17.1 Å². The number of thiazole rings is 1. The fourth-order valence-electron chi connectivity index (χ4n) is 2.39. The predicted octanol–water partition coefficient (Wildman–Crippen LogP) is 4.82. The van der Waals surface area contributed by atoms with Gasteiger partial charge in [0.05, 0.1) is 6.54 Å². The Kier molecular flexibility index (Phi) is 3.99. The minimum absolute atomic E-state index is 0.583. The summed E-state index contributed by atoms with van der Waals surface area (Å²) in [5.74, 6) is 0. The van der Waals surface area contributed by atoms with Crippen LogP contribution >= 0.6 is 22.9 Å². The van der Waals surface area contributed by atoms with E-state index in [1.165, 1.54) is 28.4 Å². The average Bonchev–Trinajstić information content (AvgIpc) is 3.03. The SMILES string of the molecule is Cc1ccc(C)n1-c1cccc(NCc2cnc(Cl)s2)c1. The molecule has 0 aliphatic heterocycles. The lowest BCUT2D eigenvalue weighted by atomic mass is 10.2. The maximum atomic E-state index is 5.85. The fourth-order valence-corrected chi connectivity index (χ4v) is 3.30. The van der Waals surface area contributed by atoms with Gasteiger partial charge in [-0.3, -0.25) is 0 Å². The van der Waals surface area contributed by atoms with Gasteiger partial charge in [-0.1, -0.05) is 17.7 Å². The highest BCUT2D eigenvalue weighted by Gasteiger charge is 2.05. The van der Waals surface area contributed by atoms with Gasteiger partial charge in [0.2, 0.25) is 0 Å². The molecule has 3 rings (SSSR count). The molecule has 0 radical (unpaired) electrons. The van der Waals surface area contributed by atoms with Crippen LogP contribution in [0.4, 0.5) is 5.69 Å². The van der Waals surface area contributed by atoms with Gasteiger partial charge in [0.1, 0.15) is 0 Å². The molecule has 0 aliphatic rings. The minimum atomic E-state index is 0.583. The summed E-state index contributed by atoms with van der Waals surface area (Å²) >= 11 is 7.35. The van der Waals surface area contributed by atoms with Crippen LogP contribution in [-0.4, -0.2) is 9.55 Å². The summed E-state index contributed by atoms with van der Waals surface area (Å²) < 4.78 is 2.83. The first-order valence-electron chi connectivity index (χ1n) is 6.73. The zero-order valence-electron chi connectivity index (χ0n) is 11.9. The van der Waals surface area contributed by atoms with E-state index in [1.54, 1.807) is 0 Å². The molecule has 0 fully saturated rings. The molecular formula is C16H16ClN3S. The number of nitrogens with one attached hydrogen (secondary N) is 1. The molecule has 0 amide bonds. The molecule has 5 heteroatoms. The van der Waals surface area contributed by atoms with E-state index in [1.807, 2.05) is 6.20 Å². The topological polar surface area (TPSA) is 29.9 Å². The van der Waals surface area contributed by atoms with Crippen LogP contribution in [0.2, 0.25) is 4.47 Å². The molecule has 3 aromatic rings. The van der Waals surface area contributed by atoms with E-state index in [-0.39, 0.29) is 0 Å². The van der Waals surface area contributed by atoms with Crippen molar-refractivity contribution in [3.8, 4) is 5.69 Å². The lowest BCUT2D eigenvalue weighted by molar-refractivity contribution is 0.965. The highest BCUT2D eigenvalue weighted by Crippen LogP contribution is 2.22. The number of hydrogen-bond donors (Lipinski definition) is 1. The zero-order chi connectivity index (χ0) is 14.8. The Morgan fingerprint density at radius 3 is 2.62 bits per heavy atom. The van der Waals surface area contributed by atoms with Crippen LogP contribution < -0.4 is 5.32 Å². The van der Waals surface area contributed by atoms with E-state index in [9.17, 15) is 0 Å². The largest absolute Gasteiger partial charge is 0.380 e. The Labute approximate surface area is 133 Å². The van der Waals surface area contributed by atoms with E-state index >= 15 is 0 Å². The Bertz CT molecular complexity index is 741. The summed E-state index contributed by atoms with van der Waals surface area (Å²) in [6.07, 6.45) is 1.81. The van der Waals surface area contributed by atoms with Crippen molar-refractivity contribution in [3.05, 3.63) is 63.3 Å². The van der Waals surface area contributed by atoms with Gasteiger partial charge in [0.25, 0.3) is 0 Å². The van der Waals surface area contributed by atoms with Crippen molar-refractivity contribution < 1.29 is 0 Å². The monoisotopic (exact) mass is 317 g/mol. The molecule has 2 heterocycles. The van der Waals surface area contributed by atoms with Crippen LogP contribution in [0, 0.1) is 13.8 Å². The van der Waals surface area contributed by atoms with Crippen LogP contribution in [0.1, 0.15) is 16.3 Å². The maximum absolute atomic E-state index is 5.85. The maximum Gasteiger partial charge on any atom is 0.183 e. The van der Waals surface area contributed by atoms with Crippen LogP contribution in [0.5, 0.6) is 0 Å². The average molecular weight is 318 g/mol. The highest BCUT2D eigenvalue weighted by atomic mass is 35.5. The summed E-state index contributed by atoms with van der Waals surface area (Å²) in [7, 11) is 0. The molecule has 0 aliphatic carbocycles. The normalized spacial score (nSPS) is 10.8. The van der Waals surface area contributed by atoms with Crippen molar-refractivity contribution >= 4 is 28.6 Å². The third-order valence-electron chi connectivity index (χ3n) is 3.37. The third-order valence-corrected chi connectivity index (χ3v) is 4.48. The molecule has 0 bridgehead atoms. The molecule has 0 saturated heterocycles. The number of hydrogen-bond acceptors (Lipinski definition) is 3. The Morgan fingerprint density at radius 1 is 1.19 bits per heavy atom. The smallest absolute Gasteiger partial charge is 0.183 e. The zero-order valence-corrected chi connectivity index (χ0v) is 13.5. The van der Waals surface area contributed by atoms with Crippen LogP contribution in [0.25, 0.3) is 5.69 Å². The first-order chi connectivity index (χ1) is 10.1. The summed E-state index contributed by atoms with van der Waals surface area (Å²) in [5.41, 5.74) is 4.73. The number of rotatable bonds is 4. The van der Waals surface area contributed by atoms with Gasteiger partial charge < -0.3 is 9.88 Å². The third kappa shape index (κ3) is 3.12. The van der Waals surface area contributed by atoms with Crippen molar-refractivity contribution in [3.63, 3.8) is 0 Å². The Morgan fingerprint density at radius 2 is 1.95 bits per heavy atom. The molecule has 0 atom stereocenters. The standard InChI is InChI=1S/C16H16ClN3S/c1-11-6-7-12(2)20(11)14-5-3-4-13(8-14)18-9-15-10-19-16(17)21-15/h3-8,10,18H,9H2,1-2H3. The number of halogens is 1. The van der Waals surface area contributed by atoms with Crippen molar-refractivity contribution in [1.82, 2.24) is 9.55 Å². The summed E-state index contributed by atoms with van der Waals surface area (Å²) in [6.45, 7) is 4.97. The minimum Gasteiger partial charge on any atom is -0.380 e. The van der Waals surface area contributed by atoms with E-state index in [4.69, 9.17) is 11.6 Å². The number of benzene rings is 1. The lowest BCUT2D eigenvalue weighted by Crippen LogP contribution is -2.01. The molecule has 0 saturated carbocycles. The van der Waals surface area contributed by atoms with Crippen molar-refractivity contribution in [2.24, 2.45) is 0 Å². The molecule has 0 spiro atoms. The first kappa shape index (κ1) is 14.2. The fraction of sp³-hybridized carbons (Fsp3) is 0.188. The van der Waals surface area contributed by atoms with Crippen LogP contribution in [-0.2, 0) is 6.54 Å². The second-order valence-electron chi connectivity index (χ2n) is 4.93. The van der Waals surface area contributed by atoms with Gasteiger partial charge in [-0.25, -0.2) is 4.98 Å². The molecule has 1 aromatic carbocycles. The molecule has 108 valence electrons. The van der Waals surface area contributed by atoms with Gasteiger partial charge in [0.15, 0.2) is 4.47 Å². The van der Waals surface area contributed by atoms with E-state index in [2.05, 4.69) is 65.1 Å². The van der Waals surface area contributed by atoms with Crippen molar-refractivity contribution in [1.29, 1.82) is 0 Å². The number of aryl methyl sites for hydroxylation is 2. The Hall–Kier alpha value is -1.78. The predicted molar refractivity (Wildman–Crippen MR) is 89.7 cm³/mol. The quantitative estimate of drug-likeness (QED) is 0.748. The van der Waals surface area contributed by atoms with Crippen LogP contribution in [0.15, 0.2) is 42.6 Å². The lowest BCUT2D eigenvalue weighted by Gasteiger charge is -2.12. The second-order valence-corrected chi connectivity index (χ2v) is 6.63. The van der Waals surface area contributed by atoms with E-state index < -0.39 is 0 Å². The number of aromatic nitrogens is 2. The molecule has 0 unspecified atom stereocenters. The highest BCUT2D eigenvalue weighted by molar-refractivity contribution is 7.15. The van der Waals surface area contributed by atoms with Gasteiger partial charge >= 0.3 is 0 Å². The Balaban J connectivity index is 1.80. The van der Waals surface area contributed by atoms with Gasteiger partial charge in [-0.05, 0) is 44.2 Å². The van der Waals surface area contributed by atoms with Crippen molar-refractivity contribution in [2.45, 2.75) is 20.4 Å². The molecule has 3 nitrogen and oxygen atoms in total. The molecule has 1 N–H and O–H groups in total. The second kappa shape index (κ2) is 5.92. The first-order valence-corrected chi connectivity index (χ1v) is 7.92. The van der Waals surface area contributed by atoms with E-state index in [0.29, 0.717) is 4.47 Å². The van der Waals surface area contributed by atoms with Gasteiger partial charge in [0, 0.05) is 33.8 Å². The summed E-state index contributed by atoms with van der Waals surface area (Å²) in [6, 6.07) is 12.7. The molecule has 2 aromatic heterocycles. The number of nitrogens with zero attached hydrogens (tertiary/aromatic N) is 2. The van der Waals surface area contributed by atoms with Gasteiger partial charge in [-0.2, -0.15) is 0 Å². The van der Waals surface area contributed by atoms with Crippen LogP contribution in [0.3, 0.4) is 0 Å². The molecular weight excluding hydrogens is 302 g/mol. The van der Waals surface area contributed by atoms with Crippen molar-refractivity contribution in [2.75, 3.05) is 5.32 Å².